The summed E-state index contributed by atoms with van der Waals surface area (Å²) in [6.45, 7) is 9.26. The summed E-state index contributed by atoms with van der Waals surface area (Å²) in [7, 11) is 0. The van der Waals surface area contributed by atoms with Crippen LogP contribution in [-0.4, -0.2) is 23.0 Å². The molecule has 10 heterocycles. The third kappa shape index (κ3) is 16.2. The molecule has 6 aromatic rings. The molecule has 0 N–H and O–H groups in total. The van der Waals surface area contributed by atoms with Crippen molar-refractivity contribution < 1.29 is 0 Å². The zero-order chi connectivity index (χ0) is 66.1. The Bertz CT molecular complexity index is 4260. The molecule has 0 atom stereocenters. The molecule has 6 aromatic carbocycles. The average molecular weight is 1730 g/mol. The van der Waals surface area contributed by atoms with Gasteiger partial charge in [-0.15, -0.1) is 47.0 Å². The molecule has 0 radical (unpaired) electrons. The Morgan fingerprint density at radius 1 is 0.184 bits per heavy atom. The van der Waals surface area contributed by atoms with Crippen LogP contribution in [0.4, 0.5) is 0 Å². The van der Waals surface area contributed by atoms with Gasteiger partial charge in [-0.3, -0.25) is 0 Å². The molecule has 10 aliphatic heterocycles. The lowest BCUT2D eigenvalue weighted by atomic mass is 9.99. The van der Waals surface area contributed by atoms with Crippen LogP contribution >= 0.6 is 282 Å². The summed E-state index contributed by atoms with van der Waals surface area (Å²) in [6, 6.07) is 37.2. The monoisotopic (exact) mass is 1720 g/mol. The fraction of sp³-hybridized carbons (Fsp3) is 0.324. The molecular formula is C74H68S24. The Kier molecular flexibility index (Phi) is 26.6. The second-order valence-electron chi connectivity index (χ2n) is 23.7. The summed E-state index contributed by atoms with van der Waals surface area (Å²) in [5.41, 5.74) is 0. The molecule has 0 unspecified atom stereocenters. The van der Waals surface area contributed by atoms with Crippen molar-refractivity contribution in [3.8, 4) is 0 Å². The molecule has 0 saturated carbocycles. The highest BCUT2D eigenvalue weighted by Crippen LogP contribution is 2.76. The normalized spacial score (nSPS) is 19.6. The zero-order valence-electron chi connectivity index (χ0n) is 54.2. The minimum atomic E-state index is 1.23. The Morgan fingerprint density at radius 3 is 0.500 bits per heavy atom. The van der Waals surface area contributed by atoms with E-state index in [1.165, 1.54) is 266 Å². The molecule has 0 amide bonds. The van der Waals surface area contributed by atoms with Gasteiger partial charge >= 0.3 is 0 Å². The van der Waals surface area contributed by atoms with Gasteiger partial charge in [0.05, 0.1) is 93.2 Å². The summed E-state index contributed by atoms with van der Waals surface area (Å²) < 4.78 is 32.4. The molecule has 0 saturated heterocycles. The number of rotatable bonds is 24. The highest BCUT2D eigenvalue weighted by Gasteiger charge is 2.41. The molecule has 0 aromatic heterocycles. The highest BCUT2D eigenvalue weighted by molar-refractivity contribution is 8.56. The number of fused-ring (bicyclic) bond motifs is 4. The molecule has 0 nitrogen and oxygen atoms in total. The van der Waals surface area contributed by atoms with Crippen LogP contribution in [0.15, 0.2) is 173 Å². The van der Waals surface area contributed by atoms with Gasteiger partial charge < -0.3 is 0 Å². The quantitative estimate of drug-likeness (QED) is 0.0417. The second kappa shape index (κ2) is 35.3. The van der Waals surface area contributed by atoms with E-state index in [9.17, 15) is 0 Å². The number of unbranched alkanes of at least 4 members (excludes halogenated alkanes) is 12. The van der Waals surface area contributed by atoms with Crippen molar-refractivity contribution in [2.75, 3.05) is 23.0 Å². The maximum absolute atomic E-state index is 2.40. The highest BCUT2D eigenvalue weighted by atomic mass is 32.3. The maximum Gasteiger partial charge on any atom is 0.0718 e. The first kappa shape index (κ1) is 74.0. The molecule has 24 heteroatoms. The number of hydrogen-bond acceptors (Lipinski definition) is 24. The molecule has 0 bridgehead atoms. The predicted molar refractivity (Wildman–Crippen MR) is 496 cm³/mol. The first-order chi connectivity index (χ1) is 48.4. The van der Waals surface area contributed by atoms with Crippen LogP contribution in [0, 0.1) is 0 Å². The van der Waals surface area contributed by atoms with Crippen LogP contribution in [0.25, 0.3) is 60.0 Å². The Hall–Kier alpha value is 1.90. The fourth-order valence-corrected chi connectivity index (χ4v) is 50.8. The molecule has 0 fully saturated rings. The van der Waals surface area contributed by atoms with Gasteiger partial charge in [0.25, 0.3) is 0 Å². The van der Waals surface area contributed by atoms with E-state index in [0.717, 1.165) is 0 Å². The Balaban J connectivity index is 0.606. The van der Waals surface area contributed by atoms with E-state index in [2.05, 4.69) is 219 Å². The van der Waals surface area contributed by atoms with Gasteiger partial charge in [0.1, 0.15) is 0 Å². The summed E-state index contributed by atoms with van der Waals surface area (Å²) in [5.74, 6) is 4.93. The lowest BCUT2D eigenvalue weighted by Gasteiger charge is -2.13. The first-order valence-corrected chi connectivity index (χ1v) is 53.8. The van der Waals surface area contributed by atoms with Gasteiger partial charge in [0.2, 0.25) is 0 Å². The van der Waals surface area contributed by atoms with Crippen molar-refractivity contribution in [1.29, 1.82) is 0 Å². The lowest BCUT2D eigenvalue weighted by molar-refractivity contribution is 0.707. The van der Waals surface area contributed by atoms with Crippen LogP contribution in [0.5, 0.6) is 0 Å². The molecule has 98 heavy (non-hydrogen) atoms. The van der Waals surface area contributed by atoms with E-state index in [4.69, 9.17) is 0 Å². The summed E-state index contributed by atoms with van der Waals surface area (Å²) in [5, 5.41) is 16.5. The predicted octanol–water partition coefficient (Wildman–Crippen LogP) is 31.5. The van der Waals surface area contributed by atoms with Crippen molar-refractivity contribution >= 4 is 342 Å². The summed E-state index contributed by atoms with van der Waals surface area (Å²) >= 11 is 49.1. The molecule has 10 aliphatic rings. The molecular weight excluding hydrogens is 1660 g/mol. The molecule has 0 spiro atoms. The van der Waals surface area contributed by atoms with Gasteiger partial charge in [0.15, 0.2) is 0 Å². The fourth-order valence-electron chi connectivity index (χ4n) is 12.1. The van der Waals surface area contributed by atoms with Crippen LogP contribution in [0.2, 0.25) is 0 Å². The van der Waals surface area contributed by atoms with Crippen molar-refractivity contribution in [3.05, 3.63) is 194 Å². The largest absolute Gasteiger partial charge is 0.117 e. The van der Waals surface area contributed by atoms with Crippen molar-refractivity contribution in [2.24, 2.45) is 0 Å². The third-order valence-electron chi connectivity index (χ3n) is 16.8. The van der Waals surface area contributed by atoms with Gasteiger partial charge in [0, 0.05) is 20.9 Å². The smallest absolute Gasteiger partial charge is 0.0718 e. The Morgan fingerprint density at radius 2 is 0.337 bits per heavy atom. The zero-order valence-corrected chi connectivity index (χ0v) is 73.8. The van der Waals surface area contributed by atoms with Gasteiger partial charge in [-0.05, 0) is 91.8 Å². The van der Waals surface area contributed by atoms with E-state index in [1.807, 2.05) is 188 Å². The number of hydrogen-bond donors (Lipinski definition) is 0. The average Bonchev–Trinajstić information content (AvgIpc) is 1.36. The maximum atomic E-state index is 2.40. The van der Waals surface area contributed by atoms with Crippen LogP contribution in [-0.2, 0) is 0 Å². The SMILES string of the molecule is CCCCCCSC1=C(SCCCCCC)SC(=C2SC3=C(S2)SC(=c2c4ccccc4c(=C4SC5=C(SC(=C6SC7=C(S6)SC(=c6c8ccccc8c(=C8SC9=C(SC(=C%10SC(SCCCCCC)=C(SCCCCCC)S%10)S9)S8)c8ccccc68)S7)S5)S4)c4ccccc24)S3)S1. The van der Waals surface area contributed by atoms with E-state index < -0.39 is 0 Å². The molecule has 0 aliphatic carbocycles. The first-order valence-electron chi connectivity index (χ1n) is 33.5. The molecule has 508 valence electrons. The van der Waals surface area contributed by atoms with E-state index in [0.29, 0.717) is 0 Å². The van der Waals surface area contributed by atoms with Crippen molar-refractivity contribution in [2.45, 2.75) is 130 Å². The summed E-state index contributed by atoms with van der Waals surface area (Å²) in [6.07, 6.45) is 21.2. The van der Waals surface area contributed by atoms with Gasteiger partial charge in [-0.25, -0.2) is 0 Å². The van der Waals surface area contributed by atoms with Crippen LogP contribution < -0.4 is 20.9 Å². The second-order valence-corrected chi connectivity index (χ2v) is 54.2. The van der Waals surface area contributed by atoms with Crippen molar-refractivity contribution in [3.63, 3.8) is 0 Å². The van der Waals surface area contributed by atoms with E-state index in [1.54, 1.807) is 16.9 Å². The van der Waals surface area contributed by atoms with Crippen molar-refractivity contribution in [1.82, 2.24) is 0 Å². The van der Waals surface area contributed by atoms with Crippen LogP contribution in [0.3, 0.4) is 0 Å². The van der Waals surface area contributed by atoms with E-state index in [-0.39, 0.29) is 0 Å². The minimum absolute atomic E-state index is 1.23. The minimum Gasteiger partial charge on any atom is -0.117 e. The lowest BCUT2D eigenvalue weighted by Crippen LogP contribution is -2.16. The summed E-state index contributed by atoms with van der Waals surface area (Å²) in [4.78, 5) is 0. The number of benzene rings is 6. The Labute approximate surface area is 680 Å². The number of thioether (sulfide) groups is 24. The van der Waals surface area contributed by atoms with Gasteiger partial charge in [-0.1, -0.05) is 437 Å². The van der Waals surface area contributed by atoms with Crippen LogP contribution in [0.1, 0.15) is 130 Å². The topological polar surface area (TPSA) is 0 Å². The molecule has 16 rings (SSSR count). The van der Waals surface area contributed by atoms with Gasteiger partial charge in [-0.2, -0.15) is 0 Å². The van der Waals surface area contributed by atoms with E-state index >= 15 is 0 Å². The standard InChI is InChI=1S/C74H68S24/c1-5-9-13-25-37-75-57-58(76-38-26-14-10-6-2)88-69(87-57)71-91-61-62(92-71)80-53(79-61)49-41-29-17-21-33-45(41)51(46-34-22-18-30-42(46)49)55-83-65-66(84-55)96-73(95-65)74-97-67-68(98-74)86-56(85-67)52-47-35-23-19-31-43(47)50(44-32-20-24-36-48(44)52)54-81-63-64(82-54)94-72(93-63)70-89-59(77-39-27-15-11-7-3)60(90-70)78-40-28-16-12-8-4/h17-24,29-36H,5-16,25-28,37-40H2,1-4H3. The third-order valence-corrected chi connectivity index (χ3v) is 52.3.